The van der Waals surface area contributed by atoms with Crippen LogP contribution in [0.3, 0.4) is 0 Å². The van der Waals surface area contributed by atoms with Crippen molar-refractivity contribution >= 4 is 11.9 Å². The van der Waals surface area contributed by atoms with Gasteiger partial charge in [-0.15, -0.1) is 0 Å². The third kappa shape index (κ3) is 5.20. The zero-order chi connectivity index (χ0) is 20.6. The minimum atomic E-state index is -0.273. The lowest BCUT2D eigenvalue weighted by Crippen LogP contribution is -2.03. The summed E-state index contributed by atoms with van der Waals surface area (Å²) >= 11 is 0. The normalized spacial score (nSPS) is 11.1. The van der Waals surface area contributed by atoms with Crippen LogP contribution in [0.25, 0.3) is 6.08 Å². The highest BCUT2D eigenvalue weighted by Gasteiger charge is 2.12. The predicted octanol–water partition coefficient (Wildman–Crippen LogP) is 4.74. The van der Waals surface area contributed by atoms with Crippen molar-refractivity contribution in [3.63, 3.8) is 0 Å². The van der Waals surface area contributed by atoms with E-state index in [2.05, 4.69) is 11.9 Å². The smallest absolute Gasteiger partial charge is 0.203 e. The van der Waals surface area contributed by atoms with Gasteiger partial charge in [0.2, 0.25) is 5.78 Å². The number of benzene rings is 2. The molecule has 0 unspecified atom stereocenters. The fourth-order valence-electron chi connectivity index (χ4n) is 2.93. The molecule has 0 N–H and O–H groups in total. The molecule has 0 aliphatic heterocycles. The lowest BCUT2D eigenvalue weighted by Gasteiger charge is -2.06. The molecule has 3 aromatic rings. The summed E-state index contributed by atoms with van der Waals surface area (Å²) in [5, 5.41) is 9.46. The van der Waals surface area contributed by atoms with Gasteiger partial charge < -0.3 is 9.30 Å². The van der Waals surface area contributed by atoms with Crippen molar-refractivity contribution in [2.75, 3.05) is 0 Å². The van der Waals surface area contributed by atoms with Crippen molar-refractivity contribution in [2.45, 2.75) is 26.4 Å². The van der Waals surface area contributed by atoms with E-state index in [0.29, 0.717) is 17.9 Å². The first-order valence-electron chi connectivity index (χ1n) is 9.55. The molecule has 0 bridgehead atoms. The first kappa shape index (κ1) is 20.1. The Labute approximate surface area is 170 Å². The quantitative estimate of drug-likeness (QED) is 0.319. The van der Waals surface area contributed by atoms with E-state index in [1.54, 1.807) is 24.4 Å². The van der Waals surface area contributed by atoms with Crippen molar-refractivity contribution in [1.29, 1.82) is 5.26 Å². The van der Waals surface area contributed by atoms with E-state index in [9.17, 15) is 10.1 Å². The molecule has 0 aliphatic carbocycles. The van der Waals surface area contributed by atoms with Gasteiger partial charge in [-0.25, -0.2) is 4.98 Å². The van der Waals surface area contributed by atoms with Crippen molar-refractivity contribution in [3.05, 3.63) is 89.0 Å². The molecule has 0 fully saturated rings. The van der Waals surface area contributed by atoms with E-state index in [0.717, 1.165) is 24.2 Å². The molecule has 0 amide bonds. The van der Waals surface area contributed by atoms with Gasteiger partial charge in [-0.05, 0) is 35.8 Å². The molecule has 3 rings (SSSR count). The van der Waals surface area contributed by atoms with Gasteiger partial charge >= 0.3 is 0 Å². The molecule has 5 heteroatoms. The highest BCUT2D eigenvalue weighted by atomic mass is 16.5. The molecule has 0 aliphatic rings. The standard InChI is InChI=1S/C24H23N3O2/c1-3-4-18-5-9-20(10-6-18)24(28)21(16-25)15-19-7-11-22(12-8-19)29-17-23-26-13-14-27(23)2/h5-15H,3-4,17H2,1-2H3/b21-15-. The van der Waals surface area contributed by atoms with Crippen LogP contribution in [0.1, 0.15) is 40.7 Å². The largest absolute Gasteiger partial charge is 0.486 e. The second kappa shape index (κ2) is 9.52. The Bertz CT molecular complexity index is 1040. The van der Waals surface area contributed by atoms with Crippen LogP contribution >= 0.6 is 0 Å². The fraction of sp³-hybridized carbons (Fsp3) is 0.208. The molecule has 0 spiro atoms. The van der Waals surface area contributed by atoms with Crippen LogP contribution in [0, 0.1) is 11.3 Å². The molecule has 5 nitrogen and oxygen atoms in total. The van der Waals surface area contributed by atoms with E-state index in [1.807, 2.05) is 60.3 Å². The zero-order valence-corrected chi connectivity index (χ0v) is 16.6. The maximum absolute atomic E-state index is 12.7. The number of ketones is 1. The van der Waals surface area contributed by atoms with E-state index < -0.39 is 0 Å². The van der Waals surface area contributed by atoms with Gasteiger partial charge in [0.1, 0.15) is 29.8 Å². The number of carbonyl (C=O) groups is 1. The van der Waals surface area contributed by atoms with E-state index in [1.165, 1.54) is 5.56 Å². The van der Waals surface area contributed by atoms with Crippen LogP contribution in [-0.4, -0.2) is 15.3 Å². The number of nitriles is 1. The van der Waals surface area contributed by atoms with E-state index in [4.69, 9.17) is 4.74 Å². The summed E-state index contributed by atoms with van der Waals surface area (Å²) in [5.41, 5.74) is 2.58. The topological polar surface area (TPSA) is 67.9 Å². The van der Waals surface area contributed by atoms with E-state index in [-0.39, 0.29) is 11.4 Å². The maximum Gasteiger partial charge on any atom is 0.203 e. The van der Waals surface area contributed by atoms with Crippen molar-refractivity contribution < 1.29 is 9.53 Å². The lowest BCUT2D eigenvalue weighted by molar-refractivity contribution is 0.104. The first-order chi connectivity index (χ1) is 14.1. The number of imidazole rings is 1. The Morgan fingerprint density at radius 2 is 1.90 bits per heavy atom. The molecule has 0 radical (unpaired) electrons. The Morgan fingerprint density at radius 1 is 1.17 bits per heavy atom. The summed E-state index contributed by atoms with van der Waals surface area (Å²) in [6, 6.07) is 16.8. The fourth-order valence-corrected chi connectivity index (χ4v) is 2.93. The number of Topliss-reactive ketones (excluding diaryl/α,β-unsaturated/α-hetero) is 1. The number of carbonyl (C=O) groups excluding carboxylic acids is 1. The van der Waals surface area contributed by atoms with Crippen LogP contribution in [0.4, 0.5) is 0 Å². The molecule has 29 heavy (non-hydrogen) atoms. The van der Waals surface area contributed by atoms with Crippen molar-refractivity contribution in [2.24, 2.45) is 7.05 Å². The number of nitrogens with zero attached hydrogens (tertiary/aromatic N) is 3. The van der Waals surface area contributed by atoms with Crippen LogP contribution in [-0.2, 0) is 20.1 Å². The third-order valence-corrected chi connectivity index (χ3v) is 4.60. The van der Waals surface area contributed by atoms with Gasteiger partial charge in [0, 0.05) is 25.0 Å². The van der Waals surface area contributed by atoms with Gasteiger partial charge in [-0.1, -0.05) is 49.7 Å². The van der Waals surface area contributed by atoms with E-state index >= 15 is 0 Å². The van der Waals surface area contributed by atoms with Gasteiger partial charge in [-0.2, -0.15) is 5.26 Å². The van der Waals surface area contributed by atoms with Gasteiger partial charge in [-0.3, -0.25) is 4.79 Å². The van der Waals surface area contributed by atoms with Crippen molar-refractivity contribution in [3.8, 4) is 11.8 Å². The van der Waals surface area contributed by atoms with Crippen LogP contribution in [0.15, 0.2) is 66.5 Å². The van der Waals surface area contributed by atoms with Gasteiger partial charge in [0.15, 0.2) is 0 Å². The second-order valence-corrected chi connectivity index (χ2v) is 6.76. The molecule has 0 saturated carbocycles. The monoisotopic (exact) mass is 385 g/mol. The van der Waals surface area contributed by atoms with Gasteiger partial charge in [0.25, 0.3) is 0 Å². The number of aromatic nitrogens is 2. The SMILES string of the molecule is CCCc1ccc(C(=O)/C(C#N)=C\c2ccc(OCc3nccn3C)cc2)cc1. The summed E-state index contributed by atoms with van der Waals surface area (Å²) in [4.78, 5) is 16.9. The van der Waals surface area contributed by atoms with Crippen molar-refractivity contribution in [1.82, 2.24) is 9.55 Å². The Balaban J connectivity index is 1.69. The zero-order valence-electron chi connectivity index (χ0n) is 16.6. The summed E-state index contributed by atoms with van der Waals surface area (Å²) in [6.45, 7) is 2.49. The minimum absolute atomic E-state index is 0.106. The third-order valence-electron chi connectivity index (χ3n) is 4.60. The molecular weight excluding hydrogens is 362 g/mol. The number of hydrogen-bond donors (Lipinski definition) is 0. The first-order valence-corrected chi connectivity index (χ1v) is 9.55. The average Bonchev–Trinajstić information content (AvgIpc) is 3.16. The Hall–Kier alpha value is -3.65. The number of ether oxygens (including phenoxy) is 1. The molecule has 146 valence electrons. The predicted molar refractivity (Wildman–Crippen MR) is 112 cm³/mol. The summed E-state index contributed by atoms with van der Waals surface area (Å²) in [6.07, 6.45) is 7.22. The van der Waals surface area contributed by atoms with Crippen LogP contribution < -0.4 is 4.74 Å². The molecule has 0 atom stereocenters. The molecule has 0 saturated heterocycles. The maximum atomic E-state index is 12.7. The minimum Gasteiger partial charge on any atom is -0.486 e. The number of aryl methyl sites for hydroxylation is 2. The van der Waals surface area contributed by atoms with Crippen LogP contribution in [0.5, 0.6) is 5.75 Å². The average molecular weight is 385 g/mol. The second-order valence-electron chi connectivity index (χ2n) is 6.76. The molecule has 1 aromatic heterocycles. The molecule has 1 heterocycles. The molecular formula is C24H23N3O2. The Kier molecular flexibility index (Phi) is 6.59. The summed E-state index contributed by atoms with van der Waals surface area (Å²) < 4.78 is 7.63. The highest BCUT2D eigenvalue weighted by molar-refractivity contribution is 6.14. The lowest BCUT2D eigenvalue weighted by atomic mass is 10.00. The molecule has 2 aromatic carbocycles. The van der Waals surface area contributed by atoms with Crippen LogP contribution in [0.2, 0.25) is 0 Å². The Morgan fingerprint density at radius 3 is 2.48 bits per heavy atom. The summed E-state index contributed by atoms with van der Waals surface area (Å²) in [5.74, 6) is 1.25. The number of allylic oxidation sites excluding steroid dienone is 1. The number of rotatable bonds is 8. The number of hydrogen-bond acceptors (Lipinski definition) is 4. The highest BCUT2D eigenvalue weighted by Crippen LogP contribution is 2.18. The van der Waals surface area contributed by atoms with Gasteiger partial charge in [0.05, 0.1) is 0 Å². The summed E-state index contributed by atoms with van der Waals surface area (Å²) in [7, 11) is 1.91.